The van der Waals surface area contributed by atoms with Crippen LogP contribution in [-0.2, 0) is 0 Å². The topological polar surface area (TPSA) is 38.7 Å². The van der Waals surface area contributed by atoms with Crippen LogP contribution in [0.4, 0.5) is 0 Å². The Morgan fingerprint density at radius 1 is 0.667 bits per heavy atom. The van der Waals surface area contributed by atoms with Gasteiger partial charge in [0, 0.05) is 33.8 Å². The maximum Gasteiger partial charge on any atom is 0.160 e. The van der Waals surface area contributed by atoms with E-state index in [9.17, 15) is 0 Å². The van der Waals surface area contributed by atoms with Crippen LogP contribution in [0.1, 0.15) is 5.69 Å². The fourth-order valence-corrected chi connectivity index (χ4v) is 3.50. The molecule has 5 rings (SSSR count). The molecule has 0 saturated heterocycles. The smallest absolute Gasteiger partial charge is 0.160 e. The molecule has 5 aromatic rings. The summed E-state index contributed by atoms with van der Waals surface area (Å²) in [6.45, 7) is 2.03. The number of rotatable bonds is 2. The lowest BCUT2D eigenvalue weighted by Crippen LogP contribution is -1.94. The molecular formula is C24H17N3. The van der Waals surface area contributed by atoms with Gasteiger partial charge in [-0.15, -0.1) is 0 Å². The van der Waals surface area contributed by atoms with Crippen LogP contribution >= 0.6 is 0 Å². The maximum absolute atomic E-state index is 4.74. The summed E-state index contributed by atoms with van der Waals surface area (Å²) >= 11 is 0. The first-order valence-electron chi connectivity index (χ1n) is 8.97. The Balaban J connectivity index is 1.59. The van der Waals surface area contributed by atoms with Gasteiger partial charge in [-0.2, -0.15) is 0 Å². The van der Waals surface area contributed by atoms with Gasteiger partial charge in [-0.25, -0.2) is 9.97 Å². The minimum atomic E-state index is 0.758. The second-order valence-electron chi connectivity index (χ2n) is 6.61. The molecule has 0 spiro atoms. The Morgan fingerprint density at radius 2 is 1.44 bits per heavy atom. The first-order chi connectivity index (χ1) is 13.3. The van der Waals surface area contributed by atoms with Gasteiger partial charge in [0.25, 0.3) is 0 Å². The summed E-state index contributed by atoms with van der Waals surface area (Å²) < 4.78 is 0. The first kappa shape index (κ1) is 15.6. The zero-order valence-corrected chi connectivity index (χ0v) is 14.9. The van der Waals surface area contributed by atoms with E-state index in [1.165, 1.54) is 0 Å². The number of para-hydroxylation sites is 2. The van der Waals surface area contributed by atoms with E-state index in [0.29, 0.717) is 0 Å². The van der Waals surface area contributed by atoms with E-state index < -0.39 is 0 Å². The maximum atomic E-state index is 4.74. The van der Waals surface area contributed by atoms with Crippen molar-refractivity contribution in [3.8, 4) is 22.5 Å². The van der Waals surface area contributed by atoms with Gasteiger partial charge in [0.15, 0.2) is 5.82 Å². The predicted molar refractivity (Wildman–Crippen MR) is 110 cm³/mol. The van der Waals surface area contributed by atoms with E-state index in [4.69, 9.17) is 9.97 Å². The van der Waals surface area contributed by atoms with Gasteiger partial charge < -0.3 is 0 Å². The van der Waals surface area contributed by atoms with E-state index in [2.05, 4.69) is 59.6 Å². The summed E-state index contributed by atoms with van der Waals surface area (Å²) in [5, 5.41) is 2.24. The number of aromatic nitrogens is 3. The number of nitrogens with zero attached hydrogens (tertiary/aromatic N) is 3. The third kappa shape index (κ3) is 2.74. The number of hydrogen-bond donors (Lipinski definition) is 0. The Hall–Kier alpha value is -3.59. The molecular weight excluding hydrogens is 330 g/mol. The molecule has 0 saturated carbocycles. The summed E-state index contributed by atoms with van der Waals surface area (Å²) in [5.74, 6) is 0.758. The highest BCUT2D eigenvalue weighted by Crippen LogP contribution is 2.29. The van der Waals surface area contributed by atoms with Crippen LogP contribution in [0.3, 0.4) is 0 Å². The first-order valence-corrected chi connectivity index (χ1v) is 8.97. The van der Waals surface area contributed by atoms with E-state index in [1.54, 1.807) is 0 Å². The van der Waals surface area contributed by atoms with Crippen molar-refractivity contribution in [2.45, 2.75) is 6.92 Å². The molecule has 27 heavy (non-hydrogen) atoms. The average molecular weight is 347 g/mol. The predicted octanol–water partition coefficient (Wildman–Crippen LogP) is 5.82. The van der Waals surface area contributed by atoms with Crippen molar-refractivity contribution in [3.05, 3.63) is 90.8 Å². The van der Waals surface area contributed by atoms with Crippen LogP contribution in [0.2, 0.25) is 0 Å². The summed E-state index contributed by atoms with van der Waals surface area (Å²) in [6.07, 6.45) is 1.84. The molecule has 3 heteroatoms. The van der Waals surface area contributed by atoms with Crippen molar-refractivity contribution >= 4 is 21.8 Å². The van der Waals surface area contributed by atoms with Crippen molar-refractivity contribution in [1.29, 1.82) is 0 Å². The van der Waals surface area contributed by atoms with Crippen molar-refractivity contribution in [2.75, 3.05) is 0 Å². The lowest BCUT2D eigenvalue weighted by molar-refractivity contribution is 1.16. The van der Waals surface area contributed by atoms with Crippen LogP contribution in [0.5, 0.6) is 0 Å². The van der Waals surface area contributed by atoms with Gasteiger partial charge in [-0.1, -0.05) is 66.7 Å². The number of fused-ring (bicyclic) bond motifs is 2. The number of benzene rings is 3. The Bertz CT molecular complexity index is 1270. The zero-order chi connectivity index (χ0) is 18.2. The summed E-state index contributed by atoms with van der Waals surface area (Å²) in [4.78, 5) is 14.0. The molecule has 0 amide bonds. The van der Waals surface area contributed by atoms with Crippen molar-refractivity contribution in [1.82, 2.24) is 15.0 Å². The summed E-state index contributed by atoms with van der Waals surface area (Å²) in [5.41, 5.74) is 6.28. The van der Waals surface area contributed by atoms with E-state index in [-0.39, 0.29) is 0 Å². The highest BCUT2D eigenvalue weighted by molar-refractivity contribution is 5.93. The third-order valence-corrected chi connectivity index (χ3v) is 4.88. The van der Waals surface area contributed by atoms with Crippen LogP contribution < -0.4 is 0 Å². The fraction of sp³-hybridized carbons (Fsp3) is 0.0417. The molecule has 0 aliphatic rings. The third-order valence-electron chi connectivity index (χ3n) is 4.88. The van der Waals surface area contributed by atoms with Crippen LogP contribution in [0, 0.1) is 6.92 Å². The molecule has 2 aromatic heterocycles. The molecule has 0 fully saturated rings. The van der Waals surface area contributed by atoms with Crippen LogP contribution in [-0.4, -0.2) is 15.0 Å². The monoisotopic (exact) mass is 347 g/mol. The zero-order valence-electron chi connectivity index (χ0n) is 14.9. The van der Waals surface area contributed by atoms with Crippen LogP contribution in [0.25, 0.3) is 44.3 Å². The fourth-order valence-electron chi connectivity index (χ4n) is 3.50. The molecule has 3 nitrogen and oxygen atoms in total. The lowest BCUT2D eigenvalue weighted by Gasteiger charge is -2.08. The molecule has 128 valence electrons. The largest absolute Gasteiger partial charge is 0.256 e. The second kappa shape index (κ2) is 6.29. The summed E-state index contributed by atoms with van der Waals surface area (Å²) in [6, 6.07) is 26.9. The highest BCUT2D eigenvalue weighted by atomic mass is 14.9. The molecule has 0 unspecified atom stereocenters. The van der Waals surface area contributed by atoms with E-state index in [1.807, 2.05) is 37.4 Å². The standard InChI is InChI=1S/C24H17N3/c1-16-20-8-2-3-10-22(20)27-24(26-16)19-13-11-17(12-14-19)21-9-4-6-18-7-5-15-25-23(18)21/h2-15H,1H3. The van der Waals surface area contributed by atoms with Crippen molar-refractivity contribution < 1.29 is 0 Å². The van der Waals surface area contributed by atoms with Gasteiger partial charge in [-0.05, 0) is 24.6 Å². The molecule has 0 bridgehead atoms. The molecule has 0 aliphatic carbocycles. The van der Waals surface area contributed by atoms with Gasteiger partial charge in [0.2, 0.25) is 0 Å². The lowest BCUT2D eigenvalue weighted by atomic mass is 10.0. The molecule has 3 aromatic carbocycles. The van der Waals surface area contributed by atoms with Gasteiger partial charge in [0.05, 0.1) is 11.0 Å². The minimum Gasteiger partial charge on any atom is -0.256 e. The molecule has 2 heterocycles. The number of aryl methyl sites for hydroxylation is 1. The van der Waals surface area contributed by atoms with Gasteiger partial charge in [0.1, 0.15) is 0 Å². The SMILES string of the molecule is Cc1nc(-c2ccc(-c3cccc4cccnc34)cc2)nc2ccccc12. The number of pyridine rings is 1. The quantitative estimate of drug-likeness (QED) is 0.404. The Kier molecular flexibility index (Phi) is 3.65. The molecule has 0 N–H and O–H groups in total. The van der Waals surface area contributed by atoms with E-state index in [0.717, 1.165) is 50.0 Å². The van der Waals surface area contributed by atoms with Crippen LogP contribution in [0.15, 0.2) is 85.1 Å². The number of hydrogen-bond acceptors (Lipinski definition) is 3. The molecule has 0 radical (unpaired) electrons. The molecule has 0 atom stereocenters. The van der Waals surface area contributed by atoms with Crippen molar-refractivity contribution in [3.63, 3.8) is 0 Å². The Morgan fingerprint density at radius 3 is 2.33 bits per heavy atom. The van der Waals surface area contributed by atoms with Gasteiger partial charge >= 0.3 is 0 Å². The normalized spacial score (nSPS) is 11.1. The highest BCUT2D eigenvalue weighted by Gasteiger charge is 2.08. The minimum absolute atomic E-state index is 0.758. The summed E-state index contributed by atoms with van der Waals surface area (Å²) in [7, 11) is 0. The van der Waals surface area contributed by atoms with Gasteiger partial charge in [-0.3, -0.25) is 4.98 Å². The van der Waals surface area contributed by atoms with Crippen molar-refractivity contribution in [2.24, 2.45) is 0 Å². The van der Waals surface area contributed by atoms with E-state index >= 15 is 0 Å². The molecule has 0 aliphatic heterocycles. The Labute approximate surface area is 157 Å². The average Bonchev–Trinajstić information content (AvgIpc) is 2.73. The second-order valence-corrected chi connectivity index (χ2v) is 6.61.